The molecule has 1 aromatic carbocycles. The molecule has 0 N–H and O–H groups in total. The molecule has 0 atom stereocenters. The van der Waals surface area contributed by atoms with E-state index in [0.717, 1.165) is 0 Å². The van der Waals surface area contributed by atoms with Crippen molar-refractivity contribution in [1.82, 2.24) is 5.01 Å². The van der Waals surface area contributed by atoms with Crippen molar-refractivity contribution in [1.29, 1.82) is 0 Å². The van der Waals surface area contributed by atoms with E-state index in [1.807, 2.05) is 20.8 Å². The van der Waals surface area contributed by atoms with Gasteiger partial charge in [-0.05, 0) is 45.0 Å². The molecule has 0 spiro atoms. The van der Waals surface area contributed by atoms with Crippen LogP contribution in [-0.4, -0.2) is 35.1 Å². The number of carbonyl (C=O) groups excluding carboxylic acids is 2. The van der Waals surface area contributed by atoms with Crippen molar-refractivity contribution >= 4 is 17.4 Å². The molecule has 100 valence electrons. The largest absolute Gasteiger partial charge is 0.497 e. The number of carbonyl (C=O) groups is 2. The van der Waals surface area contributed by atoms with Gasteiger partial charge in [-0.15, -0.1) is 0 Å². The fourth-order valence-electron chi connectivity index (χ4n) is 1.78. The van der Waals surface area contributed by atoms with E-state index in [9.17, 15) is 9.59 Å². The molecule has 0 saturated carbocycles. The van der Waals surface area contributed by atoms with E-state index in [2.05, 4.69) is 5.10 Å². The van der Waals surface area contributed by atoms with Crippen LogP contribution in [0.4, 0.5) is 0 Å². The smallest absolute Gasteiger partial charge is 0.317 e. The number of ketones is 1. The molecule has 1 heterocycles. The molecular formula is C14H16N2O3. The summed E-state index contributed by atoms with van der Waals surface area (Å²) in [5, 5.41) is 5.39. The number of amides is 1. The van der Waals surface area contributed by atoms with Gasteiger partial charge in [0.2, 0.25) is 0 Å². The number of methoxy groups -OCH3 is 1. The van der Waals surface area contributed by atoms with E-state index in [1.165, 1.54) is 5.01 Å². The molecule has 1 aliphatic heterocycles. The minimum Gasteiger partial charge on any atom is -0.497 e. The fourth-order valence-corrected chi connectivity index (χ4v) is 1.78. The first-order chi connectivity index (χ1) is 8.84. The summed E-state index contributed by atoms with van der Waals surface area (Å²) in [6.07, 6.45) is 0. The topological polar surface area (TPSA) is 59.0 Å². The van der Waals surface area contributed by atoms with E-state index in [0.29, 0.717) is 11.3 Å². The van der Waals surface area contributed by atoms with Gasteiger partial charge in [-0.25, -0.2) is 5.01 Å². The summed E-state index contributed by atoms with van der Waals surface area (Å²) >= 11 is 0. The van der Waals surface area contributed by atoms with Crippen LogP contribution in [0.2, 0.25) is 0 Å². The van der Waals surface area contributed by atoms with E-state index in [-0.39, 0.29) is 5.71 Å². The van der Waals surface area contributed by atoms with Crippen LogP contribution in [0, 0.1) is 0 Å². The second-order valence-electron chi connectivity index (χ2n) is 5.29. The molecule has 5 heteroatoms. The van der Waals surface area contributed by atoms with Crippen molar-refractivity contribution in [3.63, 3.8) is 0 Å². The van der Waals surface area contributed by atoms with Gasteiger partial charge in [-0.3, -0.25) is 9.59 Å². The molecule has 5 nitrogen and oxygen atoms in total. The molecule has 0 aromatic heterocycles. The first-order valence-electron chi connectivity index (χ1n) is 5.96. The molecule has 0 radical (unpaired) electrons. The summed E-state index contributed by atoms with van der Waals surface area (Å²) in [5.41, 5.74) is 0.287. The third-order valence-electron chi connectivity index (χ3n) is 2.80. The van der Waals surface area contributed by atoms with Gasteiger partial charge in [0.15, 0.2) is 0 Å². The van der Waals surface area contributed by atoms with Crippen LogP contribution in [0.1, 0.15) is 26.3 Å². The molecule has 0 aliphatic carbocycles. The first kappa shape index (κ1) is 13.3. The second-order valence-corrected chi connectivity index (χ2v) is 5.29. The highest BCUT2D eigenvalue weighted by Gasteiger charge is 2.40. The third-order valence-corrected chi connectivity index (χ3v) is 2.80. The highest BCUT2D eigenvalue weighted by molar-refractivity contribution is 6.69. The number of hydrazone groups is 1. The normalized spacial score (nSPS) is 15.8. The maximum absolute atomic E-state index is 12.0. The first-order valence-corrected chi connectivity index (χ1v) is 5.96. The predicted octanol–water partition coefficient (Wildman–Crippen LogP) is 1.61. The average Bonchev–Trinajstić information content (AvgIpc) is 2.66. The highest BCUT2D eigenvalue weighted by atomic mass is 16.5. The van der Waals surface area contributed by atoms with Crippen LogP contribution >= 0.6 is 0 Å². The number of benzene rings is 1. The zero-order valence-electron chi connectivity index (χ0n) is 11.4. The minimum absolute atomic E-state index is 0.183. The summed E-state index contributed by atoms with van der Waals surface area (Å²) in [7, 11) is 1.57. The Morgan fingerprint density at radius 3 is 2.11 bits per heavy atom. The van der Waals surface area contributed by atoms with E-state index in [4.69, 9.17) is 4.74 Å². The molecule has 0 unspecified atom stereocenters. The van der Waals surface area contributed by atoms with Gasteiger partial charge in [0.05, 0.1) is 12.6 Å². The average molecular weight is 260 g/mol. The van der Waals surface area contributed by atoms with Crippen molar-refractivity contribution in [3.8, 4) is 5.75 Å². The van der Waals surface area contributed by atoms with Crippen LogP contribution in [0.5, 0.6) is 5.75 Å². The molecule has 0 bridgehead atoms. The van der Waals surface area contributed by atoms with Crippen LogP contribution in [-0.2, 0) is 9.59 Å². The fraction of sp³-hybridized carbons (Fsp3) is 0.357. The Bertz CT molecular complexity index is 553. The zero-order valence-corrected chi connectivity index (χ0v) is 11.4. The van der Waals surface area contributed by atoms with Crippen LogP contribution in [0.15, 0.2) is 29.4 Å². The van der Waals surface area contributed by atoms with Gasteiger partial charge < -0.3 is 4.74 Å². The maximum atomic E-state index is 12.0. The van der Waals surface area contributed by atoms with Gasteiger partial charge in [-0.2, -0.15) is 5.10 Å². The lowest BCUT2D eigenvalue weighted by molar-refractivity contribution is -0.142. The molecule has 2 rings (SSSR count). The van der Waals surface area contributed by atoms with Crippen molar-refractivity contribution < 1.29 is 14.3 Å². The summed E-state index contributed by atoms with van der Waals surface area (Å²) in [6, 6.07) is 6.90. The molecule has 1 amide bonds. The molecular weight excluding hydrogens is 244 g/mol. The number of rotatable bonds is 2. The van der Waals surface area contributed by atoms with Crippen molar-refractivity contribution in [3.05, 3.63) is 29.8 Å². The monoisotopic (exact) mass is 260 g/mol. The quantitative estimate of drug-likeness (QED) is 0.759. The van der Waals surface area contributed by atoms with Crippen molar-refractivity contribution in [2.24, 2.45) is 5.10 Å². The lowest BCUT2D eigenvalue weighted by Gasteiger charge is -2.26. The summed E-state index contributed by atoms with van der Waals surface area (Å²) in [4.78, 5) is 23.9. The predicted molar refractivity (Wildman–Crippen MR) is 71.1 cm³/mol. The standard InChI is InChI=1S/C14H16N2O3/c1-14(2,3)16-13(18)12(17)11(15-16)9-5-7-10(19-4)8-6-9/h5-8H,1-4H3. The highest BCUT2D eigenvalue weighted by Crippen LogP contribution is 2.22. The SMILES string of the molecule is COc1ccc(C2=NN(C(C)(C)C)C(=O)C2=O)cc1. The molecule has 0 saturated heterocycles. The van der Waals surface area contributed by atoms with Gasteiger partial charge in [0.25, 0.3) is 5.78 Å². The van der Waals surface area contributed by atoms with Gasteiger partial charge in [-0.1, -0.05) is 0 Å². The van der Waals surface area contributed by atoms with Crippen molar-refractivity contribution in [2.45, 2.75) is 26.3 Å². The van der Waals surface area contributed by atoms with Crippen molar-refractivity contribution in [2.75, 3.05) is 7.11 Å². The van der Waals surface area contributed by atoms with Gasteiger partial charge >= 0.3 is 5.91 Å². The summed E-state index contributed by atoms with van der Waals surface area (Å²) < 4.78 is 5.05. The van der Waals surface area contributed by atoms with E-state index in [1.54, 1.807) is 31.4 Å². The summed E-state index contributed by atoms with van der Waals surface area (Å²) in [5.74, 6) is -0.466. The Kier molecular flexibility index (Phi) is 3.14. The summed E-state index contributed by atoms with van der Waals surface area (Å²) in [6.45, 7) is 5.50. The van der Waals surface area contributed by atoms with Crippen LogP contribution < -0.4 is 4.74 Å². The number of ether oxygens (including phenoxy) is 1. The Morgan fingerprint density at radius 2 is 1.68 bits per heavy atom. The lowest BCUT2D eigenvalue weighted by atomic mass is 10.1. The Labute approximate surface area is 111 Å². The van der Waals surface area contributed by atoms with E-state index >= 15 is 0 Å². The molecule has 0 fully saturated rings. The molecule has 1 aromatic rings. The Balaban J connectivity index is 2.38. The number of hydrogen-bond acceptors (Lipinski definition) is 4. The molecule has 1 aliphatic rings. The number of hydrogen-bond donors (Lipinski definition) is 0. The van der Waals surface area contributed by atoms with Crippen LogP contribution in [0.3, 0.4) is 0 Å². The van der Waals surface area contributed by atoms with Crippen LogP contribution in [0.25, 0.3) is 0 Å². The third kappa shape index (κ3) is 2.36. The molecule has 19 heavy (non-hydrogen) atoms. The zero-order chi connectivity index (χ0) is 14.2. The number of nitrogens with zero attached hydrogens (tertiary/aromatic N) is 2. The Hall–Kier alpha value is -2.17. The Morgan fingerprint density at radius 1 is 1.11 bits per heavy atom. The minimum atomic E-state index is -0.585. The second kappa shape index (κ2) is 4.50. The number of Topliss-reactive ketones (excluding diaryl/α,β-unsaturated/α-hetero) is 1. The maximum Gasteiger partial charge on any atom is 0.317 e. The van der Waals surface area contributed by atoms with Gasteiger partial charge in [0.1, 0.15) is 11.5 Å². The van der Waals surface area contributed by atoms with Gasteiger partial charge in [0, 0.05) is 5.56 Å². The van der Waals surface area contributed by atoms with E-state index < -0.39 is 17.2 Å². The lowest BCUT2D eigenvalue weighted by Crippen LogP contribution is -2.41.